The minimum atomic E-state index is -0.188. The van der Waals surface area contributed by atoms with E-state index in [1.807, 2.05) is 6.07 Å². The first-order valence-corrected chi connectivity index (χ1v) is 8.21. The molecule has 3 unspecified atom stereocenters. The molecule has 1 aromatic carbocycles. The summed E-state index contributed by atoms with van der Waals surface area (Å²) < 4.78 is 21.3. The molecule has 1 spiro atoms. The fourth-order valence-corrected chi connectivity index (χ4v) is 4.01. The van der Waals surface area contributed by atoms with Crippen LogP contribution >= 0.6 is 15.9 Å². The topological polar surface area (TPSA) is 21.3 Å². The van der Waals surface area contributed by atoms with Crippen LogP contribution in [-0.4, -0.2) is 18.7 Å². The molecule has 1 N–H and O–H groups in total. The van der Waals surface area contributed by atoms with Crippen molar-refractivity contribution in [3.05, 3.63) is 34.1 Å². The highest BCUT2D eigenvalue weighted by atomic mass is 79.9. The standard InChI is InChI=1S/C16H21BrFNO/c1-11-3-2-6-16(8-11)10-19-9-15(20-16)13-7-12(17)4-5-14(13)18/h4-5,7,11,15,19H,2-3,6,8-10H2,1H3. The maximum Gasteiger partial charge on any atom is 0.129 e. The second-order valence-corrected chi connectivity index (χ2v) is 7.20. The first-order valence-electron chi connectivity index (χ1n) is 7.41. The Hall–Kier alpha value is -0.450. The average Bonchev–Trinajstić information content (AvgIpc) is 2.41. The van der Waals surface area contributed by atoms with Crippen molar-refractivity contribution in [1.82, 2.24) is 5.32 Å². The number of morpholine rings is 1. The molecule has 1 aliphatic heterocycles. The largest absolute Gasteiger partial charge is 0.364 e. The summed E-state index contributed by atoms with van der Waals surface area (Å²) in [6, 6.07) is 5.08. The Labute approximate surface area is 128 Å². The first kappa shape index (κ1) is 14.5. The van der Waals surface area contributed by atoms with E-state index in [4.69, 9.17) is 4.74 Å². The molecule has 0 radical (unpaired) electrons. The van der Waals surface area contributed by atoms with Gasteiger partial charge in [-0.25, -0.2) is 4.39 Å². The number of ether oxygens (including phenoxy) is 1. The Bertz CT molecular complexity index is 491. The van der Waals surface area contributed by atoms with Crippen LogP contribution < -0.4 is 5.32 Å². The number of hydrogen-bond acceptors (Lipinski definition) is 2. The van der Waals surface area contributed by atoms with Crippen molar-refractivity contribution >= 4 is 15.9 Å². The minimum Gasteiger partial charge on any atom is -0.364 e. The van der Waals surface area contributed by atoms with Crippen molar-refractivity contribution in [2.45, 2.75) is 44.3 Å². The van der Waals surface area contributed by atoms with Gasteiger partial charge in [-0.1, -0.05) is 35.7 Å². The monoisotopic (exact) mass is 341 g/mol. The van der Waals surface area contributed by atoms with Crippen molar-refractivity contribution in [3.63, 3.8) is 0 Å². The molecule has 4 heteroatoms. The van der Waals surface area contributed by atoms with Gasteiger partial charge in [-0.05, 0) is 37.0 Å². The Morgan fingerprint density at radius 3 is 3.10 bits per heavy atom. The Morgan fingerprint density at radius 2 is 2.30 bits per heavy atom. The van der Waals surface area contributed by atoms with Gasteiger partial charge in [-0.2, -0.15) is 0 Å². The fraction of sp³-hybridized carbons (Fsp3) is 0.625. The summed E-state index contributed by atoms with van der Waals surface area (Å²) in [6.07, 6.45) is 4.45. The second kappa shape index (κ2) is 5.74. The van der Waals surface area contributed by atoms with E-state index < -0.39 is 0 Å². The molecule has 1 saturated heterocycles. The lowest BCUT2D eigenvalue weighted by atomic mass is 9.77. The van der Waals surface area contributed by atoms with Crippen LogP contribution in [0.25, 0.3) is 0 Å². The van der Waals surface area contributed by atoms with Crippen LogP contribution in [0.1, 0.15) is 44.3 Å². The molecule has 0 amide bonds. The summed E-state index contributed by atoms with van der Waals surface area (Å²) in [6.45, 7) is 3.86. The first-order chi connectivity index (χ1) is 9.58. The second-order valence-electron chi connectivity index (χ2n) is 6.29. The lowest BCUT2D eigenvalue weighted by Crippen LogP contribution is -2.53. The molecule has 3 atom stereocenters. The van der Waals surface area contributed by atoms with Gasteiger partial charge in [-0.15, -0.1) is 0 Å². The van der Waals surface area contributed by atoms with E-state index in [0.717, 1.165) is 23.9 Å². The van der Waals surface area contributed by atoms with Gasteiger partial charge in [0.15, 0.2) is 0 Å². The van der Waals surface area contributed by atoms with E-state index in [9.17, 15) is 4.39 Å². The average molecular weight is 342 g/mol. The van der Waals surface area contributed by atoms with Gasteiger partial charge >= 0.3 is 0 Å². The van der Waals surface area contributed by atoms with Crippen molar-refractivity contribution in [1.29, 1.82) is 0 Å². The maximum atomic E-state index is 14.1. The van der Waals surface area contributed by atoms with Crippen molar-refractivity contribution in [2.24, 2.45) is 5.92 Å². The molecule has 2 aliphatic rings. The number of halogens is 2. The lowest BCUT2D eigenvalue weighted by molar-refractivity contribution is -0.144. The zero-order chi connectivity index (χ0) is 14.2. The normalized spacial score (nSPS) is 34.4. The van der Waals surface area contributed by atoms with E-state index in [2.05, 4.69) is 28.2 Å². The molecule has 1 aromatic rings. The third-order valence-corrected chi connectivity index (χ3v) is 5.02. The van der Waals surface area contributed by atoms with E-state index in [-0.39, 0.29) is 17.5 Å². The third kappa shape index (κ3) is 2.92. The predicted octanol–water partition coefficient (Wildman–Crippen LogP) is 4.20. The summed E-state index contributed by atoms with van der Waals surface area (Å²) >= 11 is 3.42. The molecular weight excluding hydrogens is 321 g/mol. The molecule has 1 saturated carbocycles. The molecule has 0 bridgehead atoms. The van der Waals surface area contributed by atoms with E-state index in [1.54, 1.807) is 6.07 Å². The van der Waals surface area contributed by atoms with Crippen molar-refractivity contribution < 1.29 is 9.13 Å². The van der Waals surface area contributed by atoms with Gasteiger partial charge in [0, 0.05) is 23.1 Å². The lowest BCUT2D eigenvalue weighted by Gasteiger charge is -2.46. The highest BCUT2D eigenvalue weighted by Gasteiger charge is 2.41. The van der Waals surface area contributed by atoms with Gasteiger partial charge in [0.1, 0.15) is 5.82 Å². The van der Waals surface area contributed by atoms with Gasteiger partial charge in [0.2, 0.25) is 0 Å². The number of rotatable bonds is 1. The molecule has 0 aromatic heterocycles. The highest BCUT2D eigenvalue weighted by Crippen LogP contribution is 2.40. The van der Waals surface area contributed by atoms with Crippen LogP contribution in [0.4, 0.5) is 4.39 Å². The van der Waals surface area contributed by atoms with Crippen LogP contribution in [-0.2, 0) is 4.74 Å². The third-order valence-electron chi connectivity index (χ3n) is 4.52. The Balaban J connectivity index is 1.82. The van der Waals surface area contributed by atoms with Crippen LogP contribution in [0.3, 0.4) is 0 Å². The smallest absolute Gasteiger partial charge is 0.129 e. The summed E-state index contributed by atoms with van der Waals surface area (Å²) in [5, 5.41) is 3.45. The molecule has 2 fully saturated rings. The molecule has 2 nitrogen and oxygen atoms in total. The van der Waals surface area contributed by atoms with Gasteiger partial charge in [-0.3, -0.25) is 0 Å². The van der Waals surface area contributed by atoms with E-state index in [0.29, 0.717) is 18.0 Å². The Kier molecular flexibility index (Phi) is 4.16. The number of nitrogens with one attached hydrogen (secondary N) is 1. The molecule has 110 valence electrons. The quantitative estimate of drug-likeness (QED) is 0.826. The highest BCUT2D eigenvalue weighted by molar-refractivity contribution is 9.10. The van der Waals surface area contributed by atoms with Crippen molar-refractivity contribution in [3.8, 4) is 0 Å². The van der Waals surface area contributed by atoms with Crippen LogP contribution in [0.2, 0.25) is 0 Å². The van der Waals surface area contributed by atoms with Gasteiger partial charge < -0.3 is 10.1 Å². The Morgan fingerprint density at radius 1 is 1.45 bits per heavy atom. The number of benzene rings is 1. The molecule has 1 heterocycles. The summed E-state index contributed by atoms with van der Waals surface area (Å²) in [5.41, 5.74) is 0.555. The molecule has 1 aliphatic carbocycles. The molecule has 3 rings (SSSR count). The SMILES string of the molecule is CC1CCCC2(CNCC(c3cc(Br)ccc3F)O2)C1. The van der Waals surface area contributed by atoms with Gasteiger partial charge in [0.05, 0.1) is 11.7 Å². The van der Waals surface area contributed by atoms with Crippen molar-refractivity contribution in [2.75, 3.05) is 13.1 Å². The molecular formula is C16H21BrFNO. The van der Waals surface area contributed by atoms with E-state index >= 15 is 0 Å². The van der Waals surface area contributed by atoms with Crippen LogP contribution in [0.5, 0.6) is 0 Å². The summed E-state index contributed by atoms with van der Waals surface area (Å²) in [4.78, 5) is 0. The van der Waals surface area contributed by atoms with Crippen LogP contribution in [0.15, 0.2) is 22.7 Å². The number of hydrogen-bond donors (Lipinski definition) is 1. The van der Waals surface area contributed by atoms with Gasteiger partial charge in [0.25, 0.3) is 0 Å². The van der Waals surface area contributed by atoms with Crippen LogP contribution in [0, 0.1) is 11.7 Å². The maximum absolute atomic E-state index is 14.1. The van der Waals surface area contributed by atoms with E-state index in [1.165, 1.54) is 18.9 Å². The zero-order valence-electron chi connectivity index (χ0n) is 11.8. The zero-order valence-corrected chi connectivity index (χ0v) is 13.4. The minimum absolute atomic E-state index is 0.102. The predicted molar refractivity (Wildman–Crippen MR) is 81.2 cm³/mol. The summed E-state index contributed by atoms with van der Waals surface area (Å²) in [7, 11) is 0. The summed E-state index contributed by atoms with van der Waals surface area (Å²) in [5.74, 6) is 0.512. The fourth-order valence-electron chi connectivity index (χ4n) is 3.63. The molecule has 20 heavy (non-hydrogen) atoms.